The number of benzene rings is 2. The summed E-state index contributed by atoms with van der Waals surface area (Å²) in [4.78, 5) is 23.4. The summed E-state index contributed by atoms with van der Waals surface area (Å²) in [5.74, 6) is -1.23. The lowest BCUT2D eigenvalue weighted by atomic mass is 9.98. The molecule has 2 aromatic rings. The van der Waals surface area contributed by atoms with E-state index in [0.717, 1.165) is 22.3 Å². The highest BCUT2D eigenvalue weighted by atomic mass is 16.5. The number of ether oxygens (including phenoxy) is 1. The Bertz CT molecular complexity index is 787. The molecule has 3 N–H and O–H groups in total. The maximum Gasteiger partial charge on any atom is 0.407 e. The number of rotatable bonds is 7. The standard InChI is InChI=1S/C21H23NO5/c1-13(23)10-11-19(20(24)25)22-21(26)27-12-18-16-8-4-2-6-14(16)15-7-3-5-9-17(15)18/h2-9,13,18-19,23H,10-12H2,1H3,(H,22,26)(H,24,25)/t13-,19-/m0/s1. The van der Waals surface area contributed by atoms with E-state index >= 15 is 0 Å². The van der Waals surface area contributed by atoms with Gasteiger partial charge in [-0.3, -0.25) is 0 Å². The van der Waals surface area contributed by atoms with Gasteiger partial charge >= 0.3 is 12.1 Å². The molecule has 27 heavy (non-hydrogen) atoms. The van der Waals surface area contributed by atoms with Gasteiger partial charge in [0.15, 0.2) is 0 Å². The minimum atomic E-state index is -1.15. The van der Waals surface area contributed by atoms with Gasteiger partial charge in [0.05, 0.1) is 6.10 Å². The molecule has 2 atom stereocenters. The highest BCUT2D eigenvalue weighted by Gasteiger charge is 2.29. The van der Waals surface area contributed by atoms with Gasteiger partial charge in [-0.15, -0.1) is 0 Å². The number of hydrogen-bond acceptors (Lipinski definition) is 4. The van der Waals surface area contributed by atoms with Crippen molar-refractivity contribution < 1.29 is 24.5 Å². The van der Waals surface area contributed by atoms with Crippen LogP contribution in [0.5, 0.6) is 0 Å². The number of aliphatic hydroxyl groups excluding tert-OH is 1. The first kappa shape index (κ1) is 18.9. The Morgan fingerprint density at radius 1 is 1.04 bits per heavy atom. The number of alkyl carbamates (subject to hydrolysis) is 1. The first-order chi connectivity index (χ1) is 13.0. The van der Waals surface area contributed by atoms with E-state index in [-0.39, 0.29) is 25.4 Å². The van der Waals surface area contributed by atoms with E-state index in [0.29, 0.717) is 0 Å². The number of fused-ring (bicyclic) bond motifs is 3. The number of aliphatic carboxylic acids is 1. The number of carboxylic acid groups (broad SMARTS) is 1. The van der Waals surface area contributed by atoms with Gasteiger partial charge in [-0.1, -0.05) is 48.5 Å². The number of carboxylic acids is 1. The van der Waals surface area contributed by atoms with E-state index in [9.17, 15) is 19.8 Å². The molecule has 0 spiro atoms. The summed E-state index contributed by atoms with van der Waals surface area (Å²) in [6.07, 6.45) is -0.983. The van der Waals surface area contributed by atoms with Crippen LogP contribution in [0.4, 0.5) is 4.79 Å². The fourth-order valence-electron chi connectivity index (χ4n) is 3.45. The van der Waals surface area contributed by atoms with Crippen LogP contribution in [0, 0.1) is 0 Å². The zero-order valence-electron chi connectivity index (χ0n) is 15.1. The molecule has 0 fully saturated rings. The monoisotopic (exact) mass is 369 g/mol. The van der Waals surface area contributed by atoms with Crippen molar-refractivity contribution in [2.24, 2.45) is 0 Å². The summed E-state index contributed by atoms with van der Waals surface area (Å²) in [6.45, 7) is 1.70. The van der Waals surface area contributed by atoms with Crippen LogP contribution < -0.4 is 5.32 Å². The van der Waals surface area contributed by atoms with Crippen LogP contribution in [0.25, 0.3) is 11.1 Å². The largest absolute Gasteiger partial charge is 0.480 e. The van der Waals surface area contributed by atoms with Crippen LogP contribution in [0.1, 0.15) is 36.8 Å². The third kappa shape index (κ3) is 4.28. The second-order valence-electron chi connectivity index (χ2n) is 6.79. The molecule has 3 rings (SSSR count). The van der Waals surface area contributed by atoms with Gasteiger partial charge in [-0.05, 0) is 42.0 Å². The molecule has 1 aliphatic rings. The Morgan fingerprint density at radius 3 is 2.11 bits per heavy atom. The van der Waals surface area contributed by atoms with E-state index in [1.54, 1.807) is 6.92 Å². The average Bonchev–Trinajstić information content (AvgIpc) is 2.97. The molecule has 0 heterocycles. The highest BCUT2D eigenvalue weighted by Crippen LogP contribution is 2.44. The normalized spacial score (nSPS) is 14.7. The molecule has 2 aromatic carbocycles. The zero-order chi connectivity index (χ0) is 19.4. The summed E-state index contributed by atoms with van der Waals surface area (Å²) >= 11 is 0. The quantitative estimate of drug-likeness (QED) is 0.697. The van der Waals surface area contributed by atoms with Crippen molar-refractivity contribution in [3.63, 3.8) is 0 Å². The number of amides is 1. The molecule has 1 amide bonds. The van der Waals surface area contributed by atoms with Crippen LogP contribution in [0.2, 0.25) is 0 Å². The lowest BCUT2D eigenvalue weighted by molar-refractivity contribution is -0.139. The van der Waals surface area contributed by atoms with Gasteiger partial charge in [-0.25, -0.2) is 9.59 Å². The topological polar surface area (TPSA) is 95.9 Å². The average molecular weight is 369 g/mol. The minimum Gasteiger partial charge on any atom is -0.480 e. The Morgan fingerprint density at radius 2 is 1.59 bits per heavy atom. The van der Waals surface area contributed by atoms with Gasteiger partial charge in [0.2, 0.25) is 0 Å². The summed E-state index contributed by atoms with van der Waals surface area (Å²) in [5, 5.41) is 20.9. The zero-order valence-corrected chi connectivity index (χ0v) is 15.1. The Kier molecular flexibility index (Phi) is 5.76. The van der Waals surface area contributed by atoms with Crippen LogP contribution in [-0.2, 0) is 9.53 Å². The lowest BCUT2D eigenvalue weighted by Gasteiger charge is -2.18. The summed E-state index contributed by atoms with van der Waals surface area (Å²) < 4.78 is 5.35. The Balaban J connectivity index is 1.66. The van der Waals surface area contributed by atoms with E-state index in [2.05, 4.69) is 5.32 Å². The Hall–Kier alpha value is -2.86. The molecule has 0 bridgehead atoms. The summed E-state index contributed by atoms with van der Waals surface area (Å²) in [6, 6.07) is 14.9. The molecule has 0 unspecified atom stereocenters. The first-order valence-electron chi connectivity index (χ1n) is 8.99. The second kappa shape index (κ2) is 8.22. The SMILES string of the molecule is C[C@H](O)CC[C@H](NC(=O)OCC1c2ccccc2-c2ccccc21)C(=O)O. The summed E-state index contributed by atoms with van der Waals surface area (Å²) in [5.41, 5.74) is 4.44. The molecule has 142 valence electrons. The van der Waals surface area contributed by atoms with Gasteiger partial charge in [0.1, 0.15) is 12.6 Å². The fraction of sp³-hybridized carbons (Fsp3) is 0.333. The molecule has 6 heteroatoms. The Labute approximate surface area is 157 Å². The number of hydrogen-bond donors (Lipinski definition) is 3. The fourth-order valence-corrected chi connectivity index (χ4v) is 3.45. The van der Waals surface area contributed by atoms with Crippen LogP contribution >= 0.6 is 0 Å². The second-order valence-corrected chi connectivity index (χ2v) is 6.79. The molecular weight excluding hydrogens is 346 g/mol. The van der Waals surface area contributed by atoms with Crippen molar-refractivity contribution in [3.8, 4) is 11.1 Å². The van der Waals surface area contributed by atoms with E-state index in [1.165, 1.54) is 0 Å². The van der Waals surface area contributed by atoms with Crippen molar-refractivity contribution in [2.75, 3.05) is 6.61 Å². The molecular formula is C21H23NO5. The van der Waals surface area contributed by atoms with Crippen molar-refractivity contribution in [1.29, 1.82) is 0 Å². The van der Waals surface area contributed by atoms with Crippen LogP contribution in [0.15, 0.2) is 48.5 Å². The van der Waals surface area contributed by atoms with Crippen LogP contribution in [0.3, 0.4) is 0 Å². The van der Waals surface area contributed by atoms with Crippen molar-refractivity contribution in [3.05, 3.63) is 59.7 Å². The van der Waals surface area contributed by atoms with E-state index < -0.39 is 24.2 Å². The molecule has 0 saturated carbocycles. The van der Waals surface area contributed by atoms with Crippen molar-refractivity contribution in [2.45, 2.75) is 37.8 Å². The number of carbonyl (C=O) groups is 2. The maximum absolute atomic E-state index is 12.1. The van der Waals surface area contributed by atoms with E-state index in [4.69, 9.17) is 4.74 Å². The maximum atomic E-state index is 12.1. The van der Waals surface area contributed by atoms with E-state index in [1.807, 2.05) is 48.5 Å². The lowest BCUT2D eigenvalue weighted by Crippen LogP contribution is -2.41. The van der Waals surface area contributed by atoms with Gasteiger partial charge < -0.3 is 20.3 Å². The van der Waals surface area contributed by atoms with Crippen molar-refractivity contribution >= 4 is 12.1 Å². The van der Waals surface area contributed by atoms with Gasteiger partial charge in [0.25, 0.3) is 0 Å². The number of aliphatic hydroxyl groups is 1. The van der Waals surface area contributed by atoms with Crippen LogP contribution in [-0.4, -0.2) is 41.0 Å². The highest BCUT2D eigenvalue weighted by molar-refractivity contribution is 5.81. The first-order valence-corrected chi connectivity index (χ1v) is 8.99. The minimum absolute atomic E-state index is 0.0797. The molecule has 0 aromatic heterocycles. The molecule has 0 radical (unpaired) electrons. The number of carbonyl (C=O) groups excluding carboxylic acids is 1. The summed E-state index contributed by atoms with van der Waals surface area (Å²) in [7, 11) is 0. The number of nitrogens with one attached hydrogen (secondary N) is 1. The third-order valence-corrected chi connectivity index (χ3v) is 4.81. The molecule has 0 aliphatic heterocycles. The van der Waals surface area contributed by atoms with Gasteiger partial charge in [-0.2, -0.15) is 0 Å². The predicted octanol–water partition coefficient (Wildman–Crippen LogP) is 3.14. The predicted molar refractivity (Wildman–Crippen MR) is 101 cm³/mol. The third-order valence-electron chi connectivity index (χ3n) is 4.81. The smallest absolute Gasteiger partial charge is 0.407 e. The molecule has 6 nitrogen and oxygen atoms in total. The molecule has 1 aliphatic carbocycles. The van der Waals surface area contributed by atoms with Gasteiger partial charge in [0, 0.05) is 5.92 Å². The molecule has 0 saturated heterocycles. The van der Waals surface area contributed by atoms with Crippen molar-refractivity contribution in [1.82, 2.24) is 5.32 Å².